The molecule has 1 saturated carbocycles. The smallest absolute Gasteiger partial charge is 0.416 e. The molecule has 0 aliphatic heterocycles. The number of hydrogen-bond acceptors (Lipinski definition) is 3. The molecule has 0 saturated heterocycles. The van der Waals surface area contributed by atoms with Crippen LogP contribution in [0.3, 0.4) is 0 Å². The van der Waals surface area contributed by atoms with Crippen molar-refractivity contribution >= 4 is 11.6 Å². The van der Waals surface area contributed by atoms with E-state index < -0.39 is 17.7 Å². The Morgan fingerprint density at radius 1 is 1.16 bits per heavy atom. The van der Waals surface area contributed by atoms with Crippen LogP contribution in [0.25, 0.3) is 16.8 Å². The van der Waals surface area contributed by atoms with E-state index in [0.29, 0.717) is 16.8 Å². The normalized spacial score (nSPS) is 19.4. The van der Waals surface area contributed by atoms with Crippen LogP contribution in [0.15, 0.2) is 30.5 Å². The molecule has 1 N–H and O–H groups in total. The summed E-state index contributed by atoms with van der Waals surface area (Å²) in [5.74, 6) is -0.306. The predicted molar refractivity (Wildman–Crippen MR) is 114 cm³/mol. The van der Waals surface area contributed by atoms with Gasteiger partial charge in [0, 0.05) is 23.6 Å². The minimum atomic E-state index is -4.38. The predicted octanol–water partition coefficient (Wildman–Crippen LogP) is 6.03. The van der Waals surface area contributed by atoms with E-state index in [1.165, 1.54) is 12.1 Å². The Morgan fingerprint density at radius 2 is 1.81 bits per heavy atom. The van der Waals surface area contributed by atoms with Crippen molar-refractivity contribution in [2.24, 2.45) is 5.92 Å². The first kappa shape index (κ1) is 22.3. The Balaban J connectivity index is 1.71. The molecule has 0 amide bonds. The van der Waals surface area contributed by atoms with Gasteiger partial charge in [-0.15, -0.1) is 0 Å². The molecule has 2 aromatic heterocycles. The fraction of sp³-hybridized carbons (Fsp3) is 0.458. The summed E-state index contributed by atoms with van der Waals surface area (Å²) in [6, 6.07) is 5.09. The molecule has 0 radical (unpaired) electrons. The second kappa shape index (κ2) is 8.56. The standard InChI is InChI=1S/C24H26F3N3O2/c1-3-20-14(2)22(17-6-4-15(5-7-17)12-21(31)32)29-23-19(13-28-30(20)23)16-8-10-18(11-9-16)24(25,26)27/h8-11,13,15,17H,3-7,12H2,1-2H3,(H,31,32). The van der Waals surface area contributed by atoms with Gasteiger partial charge in [0.1, 0.15) is 0 Å². The first-order valence-corrected chi connectivity index (χ1v) is 11.0. The van der Waals surface area contributed by atoms with Gasteiger partial charge in [-0.3, -0.25) is 4.79 Å². The van der Waals surface area contributed by atoms with Crippen molar-refractivity contribution in [3.05, 3.63) is 53.0 Å². The van der Waals surface area contributed by atoms with Crippen molar-refractivity contribution in [2.75, 3.05) is 0 Å². The molecule has 4 rings (SSSR count). The van der Waals surface area contributed by atoms with Crippen molar-refractivity contribution in [3.63, 3.8) is 0 Å². The average Bonchev–Trinajstić information content (AvgIpc) is 3.16. The second-order valence-corrected chi connectivity index (χ2v) is 8.61. The Bertz CT molecular complexity index is 1130. The Kier molecular flexibility index (Phi) is 5.97. The number of carboxylic acid groups (broad SMARTS) is 1. The number of aliphatic carboxylic acids is 1. The maximum Gasteiger partial charge on any atom is 0.416 e. The van der Waals surface area contributed by atoms with E-state index in [4.69, 9.17) is 10.1 Å². The highest BCUT2D eigenvalue weighted by Crippen LogP contribution is 2.39. The van der Waals surface area contributed by atoms with Gasteiger partial charge < -0.3 is 5.11 Å². The van der Waals surface area contributed by atoms with Gasteiger partial charge >= 0.3 is 12.1 Å². The number of aromatic nitrogens is 3. The highest BCUT2D eigenvalue weighted by atomic mass is 19.4. The lowest BCUT2D eigenvalue weighted by Gasteiger charge is -2.28. The van der Waals surface area contributed by atoms with Gasteiger partial charge in [0.2, 0.25) is 0 Å². The molecule has 0 unspecified atom stereocenters. The molecule has 1 fully saturated rings. The van der Waals surface area contributed by atoms with Crippen LogP contribution >= 0.6 is 0 Å². The summed E-state index contributed by atoms with van der Waals surface area (Å²) < 4.78 is 40.7. The van der Waals surface area contributed by atoms with Crippen LogP contribution in [0.1, 0.15) is 67.5 Å². The molecule has 1 aliphatic rings. The number of carboxylic acids is 1. The molecule has 0 bridgehead atoms. The van der Waals surface area contributed by atoms with Gasteiger partial charge in [-0.05, 0) is 68.2 Å². The van der Waals surface area contributed by atoms with E-state index in [1.54, 1.807) is 10.7 Å². The summed E-state index contributed by atoms with van der Waals surface area (Å²) in [5.41, 5.74) is 4.43. The Morgan fingerprint density at radius 3 is 2.38 bits per heavy atom. The lowest BCUT2D eigenvalue weighted by atomic mass is 9.78. The zero-order valence-electron chi connectivity index (χ0n) is 18.1. The molecule has 2 heterocycles. The van der Waals surface area contributed by atoms with Crippen molar-refractivity contribution in [1.29, 1.82) is 0 Å². The third-order valence-corrected chi connectivity index (χ3v) is 6.60. The lowest BCUT2D eigenvalue weighted by molar-refractivity contribution is -0.139. The fourth-order valence-electron chi connectivity index (χ4n) is 4.89. The minimum Gasteiger partial charge on any atom is -0.481 e. The van der Waals surface area contributed by atoms with Crippen LogP contribution in [-0.4, -0.2) is 25.7 Å². The van der Waals surface area contributed by atoms with Gasteiger partial charge in [0.25, 0.3) is 0 Å². The summed E-state index contributed by atoms with van der Waals surface area (Å²) in [4.78, 5) is 16.0. The Labute approximate surface area is 184 Å². The number of rotatable bonds is 5. The van der Waals surface area contributed by atoms with Crippen LogP contribution in [0.2, 0.25) is 0 Å². The number of halogens is 3. The molecule has 3 aromatic rings. The summed E-state index contributed by atoms with van der Waals surface area (Å²) in [7, 11) is 0. The molecule has 5 nitrogen and oxygen atoms in total. The number of benzene rings is 1. The summed E-state index contributed by atoms with van der Waals surface area (Å²) in [6.45, 7) is 4.10. The highest BCUT2D eigenvalue weighted by Gasteiger charge is 2.31. The molecule has 0 atom stereocenters. The van der Waals surface area contributed by atoms with Crippen molar-refractivity contribution in [1.82, 2.24) is 14.6 Å². The van der Waals surface area contributed by atoms with E-state index in [1.807, 2.05) is 6.92 Å². The molecular weight excluding hydrogens is 419 g/mol. The number of hydrogen-bond donors (Lipinski definition) is 1. The van der Waals surface area contributed by atoms with E-state index >= 15 is 0 Å². The van der Waals surface area contributed by atoms with Gasteiger partial charge in [0.05, 0.1) is 17.5 Å². The number of alkyl halides is 3. The first-order chi connectivity index (χ1) is 15.2. The van der Waals surface area contributed by atoms with E-state index in [2.05, 4.69) is 12.0 Å². The third-order valence-electron chi connectivity index (χ3n) is 6.60. The van der Waals surface area contributed by atoms with Crippen LogP contribution in [-0.2, 0) is 17.4 Å². The molecule has 1 aromatic carbocycles. The largest absolute Gasteiger partial charge is 0.481 e. The van der Waals surface area contributed by atoms with Crippen LogP contribution in [0.5, 0.6) is 0 Å². The molecule has 1 aliphatic carbocycles. The zero-order valence-corrected chi connectivity index (χ0v) is 18.1. The van der Waals surface area contributed by atoms with E-state index in [0.717, 1.165) is 61.2 Å². The molecule has 8 heteroatoms. The SMILES string of the molecule is CCc1c(C)c(C2CCC(CC(=O)O)CC2)nc2c(-c3ccc(C(F)(F)F)cc3)cnn12. The van der Waals surface area contributed by atoms with Crippen LogP contribution < -0.4 is 0 Å². The van der Waals surface area contributed by atoms with Gasteiger partial charge in [-0.2, -0.15) is 18.3 Å². The van der Waals surface area contributed by atoms with Crippen LogP contribution in [0.4, 0.5) is 13.2 Å². The lowest BCUT2D eigenvalue weighted by Crippen LogP contribution is -2.19. The molecular formula is C24H26F3N3O2. The van der Waals surface area contributed by atoms with Crippen molar-refractivity contribution < 1.29 is 23.1 Å². The number of carbonyl (C=O) groups is 1. The highest BCUT2D eigenvalue weighted by molar-refractivity contribution is 5.77. The van der Waals surface area contributed by atoms with Crippen molar-refractivity contribution in [2.45, 2.75) is 64.5 Å². The van der Waals surface area contributed by atoms with E-state index in [-0.39, 0.29) is 18.3 Å². The van der Waals surface area contributed by atoms with Crippen LogP contribution in [0, 0.1) is 12.8 Å². The maximum atomic E-state index is 13.0. The quantitative estimate of drug-likeness (QED) is 0.520. The third kappa shape index (κ3) is 4.23. The average molecular weight is 445 g/mol. The van der Waals surface area contributed by atoms with Gasteiger partial charge in [-0.25, -0.2) is 9.50 Å². The number of nitrogens with zero attached hydrogens (tertiary/aromatic N) is 3. The fourth-order valence-corrected chi connectivity index (χ4v) is 4.89. The maximum absolute atomic E-state index is 13.0. The summed E-state index contributed by atoms with van der Waals surface area (Å²) in [5, 5.41) is 13.6. The summed E-state index contributed by atoms with van der Waals surface area (Å²) >= 11 is 0. The molecule has 170 valence electrons. The van der Waals surface area contributed by atoms with Crippen molar-refractivity contribution in [3.8, 4) is 11.1 Å². The topological polar surface area (TPSA) is 67.5 Å². The van der Waals surface area contributed by atoms with Gasteiger partial charge in [-0.1, -0.05) is 19.1 Å². The minimum absolute atomic E-state index is 0.205. The zero-order chi connectivity index (χ0) is 23.0. The first-order valence-electron chi connectivity index (χ1n) is 11.0. The van der Waals surface area contributed by atoms with Gasteiger partial charge in [0.15, 0.2) is 5.65 Å². The molecule has 32 heavy (non-hydrogen) atoms. The Hall–Kier alpha value is -2.90. The van der Waals surface area contributed by atoms with E-state index in [9.17, 15) is 18.0 Å². The summed E-state index contributed by atoms with van der Waals surface area (Å²) in [6.07, 6.45) is 1.72. The number of fused-ring (bicyclic) bond motifs is 1. The number of aryl methyl sites for hydroxylation is 1. The molecule has 0 spiro atoms. The monoisotopic (exact) mass is 445 g/mol. The second-order valence-electron chi connectivity index (χ2n) is 8.61.